The molecule has 3 rings (SSSR count). The average Bonchev–Trinajstić information content (AvgIpc) is 2.57. The van der Waals surface area contributed by atoms with Crippen LogP contribution in [0.2, 0.25) is 0 Å². The zero-order chi connectivity index (χ0) is 18.0. The lowest BCUT2D eigenvalue weighted by molar-refractivity contribution is -0.131. The molecule has 1 fully saturated rings. The summed E-state index contributed by atoms with van der Waals surface area (Å²) in [4.78, 5) is 42.1. The Labute approximate surface area is 158 Å². The Morgan fingerprint density at radius 1 is 1.08 bits per heavy atom. The van der Waals surface area contributed by atoms with Crippen LogP contribution in [0.15, 0.2) is 53.5 Å². The number of nitrogens with zero attached hydrogens (tertiary/aromatic N) is 2. The van der Waals surface area contributed by atoms with Gasteiger partial charge in [-0.05, 0) is 65.4 Å². The highest BCUT2D eigenvalue weighted by atomic mass is 127. The van der Waals surface area contributed by atoms with Gasteiger partial charge < -0.3 is 0 Å². The molecule has 1 aliphatic rings. The van der Waals surface area contributed by atoms with Crippen LogP contribution in [0.5, 0.6) is 0 Å². The maximum absolute atomic E-state index is 12.7. The van der Waals surface area contributed by atoms with Crippen LogP contribution < -0.4 is 10.2 Å². The van der Waals surface area contributed by atoms with Gasteiger partial charge in [0.1, 0.15) is 0 Å². The molecule has 0 saturated carbocycles. The molecule has 1 N–H and O–H groups in total. The van der Waals surface area contributed by atoms with E-state index >= 15 is 0 Å². The van der Waals surface area contributed by atoms with E-state index in [9.17, 15) is 14.4 Å². The van der Waals surface area contributed by atoms with E-state index in [1.54, 1.807) is 30.3 Å². The van der Waals surface area contributed by atoms with E-state index in [1.807, 2.05) is 25.1 Å². The number of rotatable bonds is 3. The second kappa shape index (κ2) is 7.14. The number of aliphatic imine (C=N–C) groups is 1. The molecule has 25 heavy (non-hydrogen) atoms. The minimum absolute atomic E-state index is 0.407. The van der Waals surface area contributed by atoms with Crippen LogP contribution in [0.4, 0.5) is 16.2 Å². The van der Waals surface area contributed by atoms with Gasteiger partial charge in [0.2, 0.25) is 5.91 Å². The van der Waals surface area contributed by atoms with Gasteiger partial charge in [-0.1, -0.05) is 18.2 Å². The van der Waals surface area contributed by atoms with Crippen molar-refractivity contribution in [2.75, 3.05) is 4.90 Å². The Bertz CT molecular complexity index is 877. The van der Waals surface area contributed by atoms with Crippen molar-refractivity contribution < 1.29 is 14.4 Å². The number of carbonyl (C=O) groups is 3. The van der Waals surface area contributed by atoms with Gasteiger partial charge in [0.05, 0.1) is 11.4 Å². The average molecular weight is 447 g/mol. The topological polar surface area (TPSA) is 78.8 Å². The maximum atomic E-state index is 12.7. The molecular weight excluding hydrogens is 433 g/mol. The molecule has 2 aromatic rings. The zero-order valence-corrected chi connectivity index (χ0v) is 15.4. The second-order valence-corrected chi connectivity index (χ2v) is 6.73. The standard InChI is InChI=1S/C18H14IN3O3/c1-11-4-2-3-5-15(11)20-10-14-16(23)21-18(25)22(17(14)24)13-8-6-12(19)7-9-13/h2-10,14H,1H3,(H,21,23,25)/t14-/m0/s1. The van der Waals surface area contributed by atoms with Crippen LogP contribution >= 0.6 is 22.6 Å². The van der Waals surface area contributed by atoms with Crippen molar-refractivity contribution in [1.82, 2.24) is 5.32 Å². The highest BCUT2D eigenvalue weighted by molar-refractivity contribution is 14.1. The molecule has 1 atom stereocenters. The number of amides is 4. The van der Waals surface area contributed by atoms with Crippen LogP contribution in [-0.4, -0.2) is 24.1 Å². The van der Waals surface area contributed by atoms with Crippen molar-refractivity contribution >= 4 is 58.0 Å². The fraction of sp³-hybridized carbons (Fsp3) is 0.111. The van der Waals surface area contributed by atoms with E-state index in [2.05, 4.69) is 32.9 Å². The molecule has 0 aliphatic carbocycles. The molecule has 1 aliphatic heterocycles. The molecule has 1 saturated heterocycles. The lowest BCUT2D eigenvalue weighted by atomic mass is 10.1. The zero-order valence-electron chi connectivity index (χ0n) is 13.3. The number of urea groups is 1. The molecule has 126 valence electrons. The Morgan fingerprint density at radius 2 is 1.76 bits per heavy atom. The number of nitrogens with one attached hydrogen (secondary N) is 1. The Morgan fingerprint density at radius 3 is 2.44 bits per heavy atom. The highest BCUT2D eigenvalue weighted by Crippen LogP contribution is 2.22. The van der Waals surface area contributed by atoms with Crippen molar-refractivity contribution in [1.29, 1.82) is 0 Å². The van der Waals surface area contributed by atoms with Crippen molar-refractivity contribution in [2.45, 2.75) is 6.92 Å². The normalized spacial score (nSPS) is 17.9. The number of para-hydroxylation sites is 1. The van der Waals surface area contributed by atoms with Gasteiger partial charge in [0.15, 0.2) is 5.92 Å². The molecule has 0 bridgehead atoms. The van der Waals surface area contributed by atoms with E-state index in [0.717, 1.165) is 14.0 Å². The molecule has 7 heteroatoms. The van der Waals surface area contributed by atoms with Crippen LogP contribution in [-0.2, 0) is 9.59 Å². The largest absolute Gasteiger partial charge is 0.335 e. The number of aryl methyl sites for hydroxylation is 1. The van der Waals surface area contributed by atoms with Crippen molar-refractivity contribution in [3.63, 3.8) is 0 Å². The van der Waals surface area contributed by atoms with Crippen molar-refractivity contribution in [3.8, 4) is 0 Å². The number of anilines is 1. The molecule has 1 heterocycles. The monoisotopic (exact) mass is 447 g/mol. The first kappa shape index (κ1) is 17.3. The minimum Gasteiger partial charge on any atom is -0.276 e. The van der Waals surface area contributed by atoms with E-state index in [1.165, 1.54) is 6.21 Å². The third-order valence-corrected chi connectivity index (χ3v) is 4.48. The van der Waals surface area contributed by atoms with Crippen molar-refractivity contribution in [2.24, 2.45) is 10.9 Å². The van der Waals surface area contributed by atoms with E-state index in [0.29, 0.717) is 11.4 Å². The lowest BCUT2D eigenvalue weighted by Gasteiger charge is -2.28. The van der Waals surface area contributed by atoms with Gasteiger partial charge in [0.25, 0.3) is 5.91 Å². The first-order chi connectivity index (χ1) is 12.0. The summed E-state index contributed by atoms with van der Waals surface area (Å²) in [6, 6.07) is 13.5. The third kappa shape index (κ3) is 3.60. The van der Waals surface area contributed by atoms with Gasteiger partial charge in [-0.15, -0.1) is 0 Å². The Kier molecular flexibility index (Phi) is 4.93. The van der Waals surface area contributed by atoms with Gasteiger partial charge in [-0.2, -0.15) is 0 Å². The van der Waals surface area contributed by atoms with E-state index < -0.39 is 23.8 Å². The Balaban J connectivity index is 1.90. The summed E-state index contributed by atoms with van der Waals surface area (Å²) in [7, 11) is 0. The third-order valence-electron chi connectivity index (χ3n) is 3.77. The first-order valence-corrected chi connectivity index (χ1v) is 8.59. The predicted octanol–water partition coefficient (Wildman–Crippen LogP) is 3.20. The summed E-state index contributed by atoms with van der Waals surface area (Å²) >= 11 is 2.13. The molecule has 0 spiro atoms. The second-order valence-electron chi connectivity index (χ2n) is 5.49. The summed E-state index contributed by atoms with van der Waals surface area (Å²) in [5.74, 6) is -2.45. The molecule has 0 unspecified atom stereocenters. The fourth-order valence-electron chi connectivity index (χ4n) is 2.42. The SMILES string of the molecule is Cc1ccccc1N=C[C@H]1C(=O)NC(=O)N(c2ccc(I)cc2)C1=O. The number of imide groups is 2. The van der Waals surface area contributed by atoms with E-state index in [-0.39, 0.29) is 0 Å². The molecule has 4 amide bonds. The summed E-state index contributed by atoms with van der Waals surface area (Å²) < 4.78 is 0.972. The predicted molar refractivity (Wildman–Crippen MR) is 103 cm³/mol. The van der Waals surface area contributed by atoms with Crippen LogP contribution in [0, 0.1) is 16.4 Å². The Hall–Kier alpha value is -2.55. The van der Waals surface area contributed by atoms with E-state index in [4.69, 9.17) is 0 Å². The molecular formula is C18H14IN3O3. The highest BCUT2D eigenvalue weighted by Gasteiger charge is 2.40. The van der Waals surface area contributed by atoms with Gasteiger partial charge in [-0.25, -0.2) is 9.69 Å². The number of carbonyl (C=O) groups excluding carboxylic acids is 3. The van der Waals surface area contributed by atoms with Gasteiger partial charge in [0, 0.05) is 9.78 Å². The van der Waals surface area contributed by atoms with Gasteiger partial charge in [-0.3, -0.25) is 19.9 Å². The number of halogens is 1. The van der Waals surface area contributed by atoms with Crippen LogP contribution in [0.1, 0.15) is 5.56 Å². The summed E-state index contributed by atoms with van der Waals surface area (Å²) in [5.41, 5.74) is 2.00. The number of benzene rings is 2. The van der Waals surface area contributed by atoms with Crippen molar-refractivity contribution in [3.05, 3.63) is 57.7 Å². The minimum atomic E-state index is -1.16. The lowest BCUT2D eigenvalue weighted by Crippen LogP contribution is -2.58. The van der Waals surface area contributed by atoms with Gasteiger partial charge >= 0.3 is 6.03 Å². The molecule has 6 nitrogen and oxygen atoms in total. The molecule has 0 aromatic heterocycles. The molecule has 2 aromatic carbocycles. The number of hydrogen-bond donors (Lipinski definition) is 1. The van der Waals surface area contributed by atoms with Crippen LogP contribution in [0.3, 0.4) is 0 Å². The quantitative estimate of drug-likeness (QED) is 0.446. The summed E-state index contributed by atoms with van der Waals surface area (Å²) in [6.45, 7) is 1.89. The number of hydrogen-bond acceptors (Lipinski definition) is 4. The van der Waals surface area contributed by atoms with Crippen LogP contribution in [0.25, 0.3) is 0 Å². The summed E-state index contributed by atoms with van der Waals surface area (Å²) in [5, 5.41) is 2.21. The first-order valence-electron chi connectivity index (χ1n) is 7.51. The fourth-order valence-corrected chi connectivity index (χ4v) is 2.78. The maximum Gasteiger partial charge on any atom is 0.335 e. The summed E-state index contributed by atoms with van der Waals surface area (Å²) in [6.07, 6.45) is 1.28. The number of barbiturate groups is 1. The smallest absolute Gasteiger partial charge is 0.276 e. The molecule has 0 radical (unpaired) electrons.